The van der Waals surface area contributed by atoms with Gasteiger partial charge < -0.3 is 15.0 Å². The van der Waals surface area contributed by atoms with E-state index in [1.165, 1.54) is 24.1 Å². The average molecular weight is 642 g/mol. The summed E-state index contributed by atoms with van der Waals surface area (Å²) in [5, 5.41) is 3.05. The molecule has 0 bridgehead atoms. The molecule has 1 N–H and O–H groups in total. The number of anilines is 1. The minimum Gasteiger partial charge on any atom is -0.495 e. The monoisotopic (exact) mass is 641 g/mol. The highest BCUT2D eigenvalue weighted by molar-refractivity contribution is 7.92. The number of hydrogen-bond donors (Lipinski definition) is 1. The number of ether oxygens (including phenoxy) is 1. The second-order valence-electron chi connectivity index (χ2n) is 12.5. The first-order valence-electron chi connectivity index (χ1n) is 15.2. The molecule has 0 heterocycles. The lowest BCUT2D eigenvalue weighted by Gasteiger charge is -2.35. The molecule has 46 heavy (non-hydrogen) atoms. The lowest BCUT2D eigenvalue weighted by atomic mass is 10.0. The van der Waals surface area contributed by atoms with Crippen molar-refractivity contribution in [3.8, 4) is 5.75 Å². The Morgan fingerprint density at radius 1 is 0.804 bits per heavy atom. The van der Waals surface area contributed by atoms with Gasteiger partial charge in [-0.05, 0) is 70.0 Å². The zero-order chi connectivity index (χ0) is 33.5. The van der Waals surface area contributed by atoms with Crippen molar-refractivity contribution in [2.75, 3.05) is 18.0 Å². The smallest absolute Gasteiger partial charge is 0.264 e. The van der Waals surface area contributed by atoms with Crippen LogP contribution in [-0.2, 0) is 32.6 Å². The van der Waals surface area contributed by atoms with Crippen molar-refractivity contribution >= 4 is 27.5 Å². The Hall–Kier alpha value is -4.63. The number of aryl methyl sites for hydroxylation is 2. The first-order chi connectivity index (χ1) is 21.8. The van der Waals surface area contributed by atoms with Crippen molar-refractivity contribution in [2.24, 2.45) is 0 Å². The third-order valence-electron chi connectivity index (χ3n) is 7.45. The second kappa shape index (κ2) is 14.6. The maximum absolute atomic E-state index is 14.6. The van der Waals surface area contributed by atoms with E-state index in [2.05, 4.69) is 5.32 Å². The lowest BCUT2D eigenvalue weighted by Crippen LogP contribution is -2.56. The quantitative estimate of drug-likeness (QED) is 0.203. The van der Waals surface area contributed by atoms with E-state index < -0.39 is 34.1 Å². The highest BCUT2D eigenvalue weighted by Crippen LogP contribution is 2.33. The van der Waals surface area contributed by atoms with E-state index in [0.29, 0.717) is 5.75 Å². The SMILES string of the molecule is COc1ccccc1N(CC(=O)N(Cc1cccc(C)c1)[C@H](Cc1ccccc1)C(=O)NC(C)(C)C)S(=O)(=O)c1ccc(C)cc1. The summed E-state index contributed by atoms with van der Waals surface area (Å²) in [6.07, 6.45) is 0.236. The zero-order valence-corrected chi connectivity index (χ0v) is 28.2. The number of hydrogen-bond acceptors (Lipinski definition) is 5. The third kappa shape index (κ3) is 8.75. The Kier molecular flexibility index (Phi) is 10.9. The molecule has 0 aromatic heterocycles. The van der Waals surface area contributed by atoms with Crippen molar-refractivity contribution in [3.63, 3.8) is 0 Å². The average Bonchev–Trinajstić information content (AvgIpc) is 3.01. The fourth-order valence-electron chi connectivity index (χ4n) is 5.20. The fraction of sp³-hybridized carbons (Fsp3) is 0.297. The summed E-state index contributed by atoms with van der Waals surface area (Å²) < 4.78 is 35.2. The van der Waals surface area contributed by atoms with Crippen LogP contribution >= 0.6 is 0 Å². The highest BCUT2D eigenvalue weighted by Gasteiger charge is 2.36. The molecule has 4 aromatic rings. The summed E-state index contributed by atoms with van der Waals surface area (Å²) in [6, 6.07) is 29.4. The van der Waals surface area contributed by atoms with Gasteiger partial charge in [-0.15, -0.1) is 0 Å². The van der Waals surface area contributed by atoms with Crippen LogP contribution in [-0.4, -0.2) is 50.4 Å². The van der Waals surface area contributed by atoms with Gasteiger partial charge in [0.2, 0.25) is 11.8 Å². The van der Waals surface area contributed by atoms with Gasteiger partial charge in [0.05, 0.1) is 17.7 Å². The normalized spacial score (nSPS) is 12.2. The molecule has 4 rings (SSSR count). The number of benzene rings is 4. The molecule has 0 unspecified atom stereocenters. The number of methoxy groups -OCH3 is 1. The Morgan fingerprint density at radius 3 is 2.07 bits per heavy atom. The van der Waals surface area contributed by atoms with Crippen LogP contribution < -0.4 is 14.4 Å². The number of nitrogens with one attached hydrogen (secondary N) is 1. The molecular formula is C37H43N3O5S. The zero-order valence-electron chi connectivity index (χ0n) is 27.4. The van der Waals surface area contributed by atoms with E-state index in [4.69, 9.17) is 4.74 Å². The van der Waals surface area contributed by atoms with Crippen LogP contribution in [0, 0.1) is 13.8 Å². The fourth-order valence-corrected chi connectivity index (χ4v) is 6.63. The molecule has 0 aliphatic carbocycles. The third-order valence-corrected chi connectivity index (χ3v) is 9.22. The molecule has 4 aromatic carbocycles. The molecule has 0 saturated carbocycles. The standard InChI is InChI=1S/C37H43N3O5S/c1-27-19-21-31(22-20-27)46(43,44)40(32-17-10-11-18-34(32)45-6)26-35(41)39(25-30-16-12-13-28(2)23-30)33(36(42)38-37(3,4)5)24-29-14-8-7-9-15-29/h7-23,33H,24-26H2,1-6H3,(H,38,42)/t33-/m1/s1. The number of carbonyl (C=O) groups excluding carboxylic acids is 2. The Morgan fingerprint density at radius 2 is 1.43 bits per heavy atom. The Balaban J connectivity index is 1.85. The van der Waals surface area contributed by atoms with Gasteiger partial charge in [-0.25, -0.2) is 8.42 Å². The van der Waals surface area contributed by atoms with Gasteiger partial charge in [-0.1, -0.05) is 90.0 Å². The van der Waals surface area contributed by atoms with E-state index >= 15 is 0 Å². The molecule has 0 aliphatic rings. The summed E-state index contributed by atoms with van der Waals surface area (Å²) in [5.74, 6) is -0.571. The number of amides is 2. The number of carbonyl (C=O) groups is 2. The van der Waals surface area contributed by atoms with Gasteiger partial charge in [-0.3, -0.25) is 13.9 Å². The summed E-state index contributed by atoms with van der Waals surface area (Å²) in [5.41, 5.74) is 3.24. The lowest BCUT2D eigenvalue weighted by molar-refractivity contribution is -0.140. The molecule has 8 nitrogen and oxygen atoms in total. The molecular weight excluding hydrogens is 598 g/mol. The van der Waals surface area contributed by atoms with Crippen LogP contribution in [0.3, 0.4) is 0 Å². The first kappa shape index (κ1) is 34.2. The van der Waals surface area contributed by atoms with Crippen LogP contribution in [0.25, 0.3) is 0 Å². The minimum absolute atomic E-state index is 0.0355. The van der Waals surface area contributed by atoms with Crippen molar-refractivity contribution in [1.82, 2.24) is 10.2 Å². The van der Waals surface area contributed by atoms with E-state index in [-0.39, 0.29) is 29.5 Å². The minimum atomic E-state index is -4.24. The van der Waals surface area contributed by atoms with Crippen molar-refractivity contribution in [1.29, 1.82) is 0 Å². The summed E-state index contributed by atoms with van der Waals surface area (Å²) >= 11 is 0. The van der Waals surface area contributed by atoms with Gasteiger partial charge in [0.1, 0.15) is 18.3 Å². The van der Waals surface area contributed by atoms with Crippen molar-refractivity contribution < 1.29 is 22.7 Å². The Bertz CT molecular complexity index is 1750. The number of nitrogens with zero attached hydrogens (tertiary/aromatic N) is 2. The molecule has 0 fully saturated rings. The second-order valence-corrected chi connectivity index (χ2v) is 14.3. The molecule has 0 spiro atoms. The summed E-state index contributed by atoms with van der Waals surface area (Å²) in [6.45, 7) is 9.02. The van der Waals surface area contributed by atoms with Crippen LogP contribution in [0.15, 0.2) is 108 Å². The molecule has 0 radical (unpaired) electrons. The van der Waals surface area contributed by atoms with Crippen LogP contribution in [0.4, 0.5) is 5.69 Å². The number of sulfonamides is 1. The van der Waals surface area contributed by atoms with Gasteiger partial charge in [0, 0.05) is 18.5 Å². The maximum Gasteiger partial charge on any atom is 0.264 e. The number of rotatable bonds is 12. The molecule has 0 aliphatic heterocycles. The van der Waals surface area contributed by atoms with Gasteiger partial charge in [0.15, 0.2) is 0 Å². The molecule has 2 amide bonds. The molecule has 0 saturated heterocycles. The maximum atomic E-state index is 14.6. The molecule has 1 atom stereocenters. The molecule has 242 valence electrons. The van der Waals surface area contributed by atoms with Gasteiger partial charge in [-0.2, -0.15) is 0 Å². The highest BCUT2D eigenvalue weighted by atomic mass is 32.2. The van der Waals surface area contributed by atoms with E-state index in [9.17, 15) is 18.0 Å². The predicted molar refractivity (Wildman–Crippen MR) is 182 cm³/mol. The van der Waals surface area contributed by atoms with Crippen molar-refractivity contribution in [3.05, 3.63) is 125 Å². The van der Waals surface area contributed by atoms with Gasteiger partial charge in [0.25, 0.3) is 10.0 Å². The van der Waals surface area contributed by atoms with Gasteiger partial charge >= 0.3 is 0 Å². The van der Waals surface area contributed by atoms with Crippen LogP contribution in [0.1, 0.15) is 43.0 Å². The Labute approximate surface area is 273 Å². The predicted octanol–water partition coefficient (Wildman–Crippen LogP) is 6.06. The van der Waals surface area contributed by atoms with E-state index in [1.807, 2.05) is 89.2 Å². The van der Waals surface area contributed by atoms with E-state index in [1.54, 1.807) is 36.4 Å². The number of para-hydroxylation sites is 2. The van der Waals surface area contributed by atoms with Crippen molar-refractivity contribution in [2.45, 2.75) is 64.1 Å². The topological polar surface area (TPSA) is 96.0 Å². The molecule has 9 heteroatoms. The van der Waals surface area contributed by atoms with Crippen LogP contribution in [0.2, 0.25) is 0 Å². The van der Waals surface area contributed by atoms with Crippen LogP contribution in [0.5, 0.6) is 5.75 Å². The summed E-state index contributed by atoms with van der Waals surface area (Å²) in [7, 11) is -2.79. The largest absolute Gasteiger partial charge is 0.495 e. The summed E-state index contributed by atoms with van der Waals surface area (Å²) in [4.78, 5) is 30.2. The first-order valence-corrected chi connectivity index (χ1v) is 16.7. The van der Waals surface area contributed by atoms with E-state index in [0.717, 1.165) is 26.6 Å².